The third-order valence-corrected chi connectivity index (χ3v) is 4.26. The molecule has 122 valence electrons. The molecule has 1 saturated heterocycles. The van der Waals surface area contributed by atoms with Crippen LogP contribution in [-0.2, 0) is 4.79 Å². The number of para-hydroxylation sites is 2. The number of hydrogen-bond donors (Lipinski definition) is 1. The molecule has 2 rings (SSSR count). The summed E-state index contributed by atoms with van der Waals surface area (Å²) in [5.41, 5.74) is 0.758. The third-order valence-electron chi connectivity index (χ3n) is 4.26. The summed E-state index contributed by atoms with van der Waals surface area (Å²) in [5.74, 6) is 0.783. The van der Waals surface area contributed by atoms with E-state index in [0.717, 1.165) is 24.5 Å². The van der Waals surface area contributed by atoms with Crippen LogP contribution < -0.4 is 10.1 Å². The standard InChI is InChI=1S/C18H28N2O2/c1-3-22-17-12-8-7-11-16(17)19-18(21)15(2)20-13-9-5-4-6-10-14-20/h7-8,11-12,15H,3-6,9-10,13-14H2,1-2H3,(H,19,21). The fourth-order valence-electron chi connectivity index (χ4n) is 2.91. The Morgan fingerprint density at radius 3 is 2.50 bits per heavy atom. The number of likely N-dealkylation sites (tertiary alicyclic amines) is 1. The van der Waals surface area contributed by atoms with Crippen LogP contribution in [0.3, 0.4) is 0 Å². The minimum absolute atomic E-state index is 0.0488. The quantitative estimate of drug-likeness (QED) is 0.902. The van der Waals surface area contributed by atoms with Gasteiger partial charge in [0, 0.05) is 0 Å². The van der Waals surface area contributed by atoms with Crippen LogP contribution in [0, 0.1) is 0 Å². The molecule has 0 radical (unpaired) electrons. The van der Waals surface area contributed by atoms with Crippen molar-refractivity contribution >= 4 is 11.6 Å². The number of nitrogens with one attached hydrogen (secondary N) is 1. The Labute approximate surface area is 133 Å². The van der Waals surface area contributed by atoms with Crippen LogP contribution in [-0.4, -0.2) is 36.5 Å². The zero-order valence-electron chi connectivity index (χ0n) is 13.8. The average molecular weight is 304 g/mol. The van der Waals surface area contributed by atoms with Crippen LogP contribution in [0.1, 0.15) is 46.0 Å². The Hall–Kier alpha value is -1.55. The molecule has 4 heteroatoms. The highest BCUT2D eigenvalue weighted by atomic mass is 16.5. The topological polar surface area (TPSA) is 41.6 Å². The second-order valence-electron chi connectivity index (χ2n) is 5.90. The van der Waals surface area contributed by atoms with Gasteiger partial charge in [-0.2, -0.15) is 0 Å². The lowest BCUT2D eigenvalue weighted by Crippen LogP contribution is -2.43. The predicted molar refractivity (Wildman–Crippen MR) is 90.4 cm³/mol. The summed E-state index contributed by atoms with van der Waals surface area (Å²) in [7, 11) is 0. The van der Waals surface area contributed by atoms with E-state index >= 15 is 0 Å². The van der Waals surface area contributed by atoms with Crippen LogP contribution in [0.4, 0.5) is 5.69 Å². The molecule has 1 heterocycles. The lowest BCUT2D eigenvalue weighted by atomic mass is 10.1. The van der Waals surface area contributed by atoms with Crippen LogP contribution in [0.15, 0.2) is 24.3 Å². The van der Waals surface area contributed by atoms with E-state index in [1.165, 1.54) is 32.1 Å². The summed E-state index contributed by atoms with van der Waals surface area (Å²) < 4.78 is 5.57. The van der Waals surface area contributed by atoms with E-state index in [9.17, 15) is 4.79 Å². The van der Waals surface area contributed by atoms with E-state index in [1.807, 2.05) is 38.1 Å². The number of anilines is 1. The summed E-state index contributed by atoms with van der Waals surface area (Å²) in [5, 5.41) is 3.02. The van der Waals surface area contributed by atoms with E-state index < -0.39 is 0 Å². The van der Waals surface area contributed by atoms with Gasteiger partial charge >= 0.3 is 0 Å². The number of hydrogen-bond acceptors (Lipinski definition) is 3. The third kappa shape index (κ3) is 4.73. The minimum Gasteiger partial charge on any atom is -0.492 e. The zero-order valence-corrected chi connectivity index (χ0v) is 13.8. The van der Waals surface area contributed by atoms with E-state index in [2.05, 4.69) is 10.2 Å². The highest BCUT2D eigenvalue weighted by molar-refractivity contribution is 5.95. The summed E-state index contributed by atoms with van der Waals surface area (Å²) >= 11 is 0. The van der Waals surface area contributed by atoms with Gasteiger partial charge in [-0.15, -0.1) is 0 Å². The highest BCUT2D eigenvalue weighted by Gasteiger charge is 2.22. The molecule has 1 aliphatic heterocycles. The van der Waals surface area contributed by atoms with Crippen LogP contribution in [0.2, 0.25) is 0 Å². The molecule has 0 saturated carbocycles. The molecule has 22 heavy (non-hydrogen) atoms. The van der Waals surface area contributed by atoms with E-state index in [4.69, 9.17) is 4.74 Å². The maximum atomic E-state index is 12.6. The molecule has 0 aromatic heterocycles. The minimum atomic E-state index is -0.104. The molecule has 0 spiro atoms. The SMILES string of the molecule is CCOc1ccccc1NC(=O)C(C)N1CCCCCCC1. The Kier molecular flexibility index (Phi) is 6.72. The van der Waals surface area contributed by atoms with Crippen molar-refractivity contribution in [2.45, 2.75) is 52.0 Å². The van der Waals surface area contributed by atoms with E-state index in [1.54, 1.807) is 0 Å². The Bertz CT molecular complexity index is 468. The van der Waals surface area contributed by atoms with Crippen molar-refractivity contribution in [3.8, 4) is 5.75 Å². The van der Waals surface area contributed by atoms with Crippen molar-refractivity contribution in [3.63, 3.8) is 0 Å². The Balaban J connectivity index is 1.98. The maximum Gasteiger partial charge on any atom is 0.241 e. The van der Waals surface area contributed by atoms with Crippen molar-refractivity contribution in [2.24, 2.45) is 0 Å². The number of amides is 1. The molecule has 0 aliphatic carbocycles. The van der Waals surface area contributed by atoms with Gasteiger partial charge in [-0.3, -0.25) is 9.69 Å². The first-order chi connectivity index (χ1) is 10.7. The van der Waals surface area contributed by atoms with Gasteiger partial charge in [-0.1, -0.05) is 31.4 Å². The largest absolute Gasteiger partial charge is 0.492 e. The molecule has 1 atom stereocenters. The molecule has 1 N–H and O–H groups in total. The lowest BCUT2D eigenvalue weighted by molar-refractivity contribution is -0.120. The van der Waals surface area contributed by atoms with Gasteiger partial charge in [0.05, 0.1) is 18.3 Å². The summed E-state index contributed by atoms with van der Waals surface area (Å²) in [6.07, 6.45) is 6.26. The van der Waals surface area contributed by atoms with Gasteiger partial charge in [0.2, 0.25) is 5.91 Å². The highest BCUT2D eigenvalue weighted by Crippen LogP contribution is 2.24. The molecule has 1 amide bonds. The lowest BCUT2D eigenvalue weighted by Gasteiger charge is -2.29. The van der Waals surface area contributed by atoms with Gasteiger partial charge in [0.25, 0.3) is 0 Å². The van der Waals surface area contributed by atoms with Gasteiger partial charge in [0.15, 0.2) is 0 Å². The molecule has 1 unspecified atom stereocenters. The second-order valence-corrected chi connectivity index (χ2v) is 5.90. The van der Waals surface area contributed by atoms with Gasteiger partial charge in [-0.05, 0) is 51.9 Å². The average Bonchev–Trinajstić information content (AvgIpc) is 2.48. The Morgan fingerprint density at radius 1 is 1.18 bits per heavy atom. The summed E-state index contributed by atoms with van der Waals surface area (Å²) in [4.78, 5) is 14.9. The number of benzene rings is 1. The second kappa shape index (κ2) is 8.79. The number of ether oxygens (including phenoxy) is 1. The van der Waals surface area contributed by atoms with Crippen molar-refractivity contribution in [1.29, 1.82) is 0 Å². The van der Waals surface area contributed by atoms with Crippen molar-refractivity contribution in [2.75, 3.05) is 25.0 Å². The molecule has 1 fully saturated rings. The predicted octanol–water partition coefficient (Wildman–Crippen LogP) is 3.68. The molecule has 0 bridgehead atoms. The zero-order chi connectivity index (χ0) is 15.8. The normalized spacial score (nSPS) is 18.1. The first-order valence-corrected chi connectivity index (χ1v) is 8.49. The monoisotopic (exact) mass is 304 g/mol. The summed E-state index contributed by atoms with van der Waals surface area (Å²) in [6.45, 7) is 6.57. The number of nitrogens with zero attached hydrogens (tertiary/aromatic N) is 1. The number of carbonyl (C=O) groups is 1. The van der Waals surface area contributed by atoms with Crippen LogP contribution in [0.5, 0.6) is 5.75 Å². The molecule has 1 aromatic carbocycles. The maximum absolute atomic E-state index is 12.6. The van der Waals surface area contributed by atoms with E-state index in [-0.39, 0.29) is 11.9 Å². The van der Waals surface area contributed by atoms with E-state index in [0.29, 0.717) is 6.61 Å². The molecular weight excluding hydrogens is 276 g/mol. The molecule has 4 nitrogen and oxygen atoms in total. The van der Waals surface area contributed by atoms with Gasteiger partial charge in [-0.25, -0.2) is 0 Å². The molecular formula is C18H28N2O2. The first-order valence-electron chi connectivity index (χ1n) is 8.49. The van der Waals surface area contributed by atoms with Crippen LogP contribution in [0.25, 0.3) is 0 Å². The number of rotatable bonds is 5. The fraction of sp³-hybridized carbons (Fsp3) is 0.611. The van der Waals surface area contributed by atoms with Crippen LogP contribution >= 0.6 is 0 Å². The first kappa shape index (κ1) is 16.8. The number of carbonyl (C=O) groups excluding carboxylic acids is 1. The van der Waals surface area contributed by atoms with Gasteiger partial charge < -0.3 is 10.1 Å². The van der Waals surface area contributed by atoms with Crippen molar-refractivity contribution in [1.82, 2.24) is 4.90 Å². The summed E-state index contributed by atoms with van der Waals surface area (Å²) in [6, 6.07) is 7.51. The smallest absolute Gasteiger partial charge is 0.241 e. The van der Waals surface area contributed by atoms with Gasteiger partial charge in [0.1, 0.15) is 5.75 Å². The molecule has 1 aromatic rings. The molecule has 1 aliphatic rings. The van der Waals surface area contributed by atoms with Crippen molar-refractivity contribution < 1.29 is 9.53 Å². The van der Waals surface area contributed by atoms with Crippen molar-refractivity contribution in [3.05, 3.63) is 24.3 Å². The Morgan fingerprint density at radius 2 is 1.82 bits per heavy atom. The fourth-order valence-corrected chi connectivity index (χ4v) is 2.91.